The van der Waals surface area contributed by atoms with Crippen molar-refractivity contribution in [2.24, 2.45) is 13.0 Å². The number of likely N-dealkylation sites (tertiary alicyclic amines) is 1. The van der Waals surface area contributed by atoms with E-state index in [9.17, 15) is 9.18 Å². The third-order valence-corrected chi connectivity index (χ3v) is 5.43. The highest BCUT2D eigenvalue weighted by Gasteiger charge is 2.25. The highest BCUT2D eigenvalue weighted by Crippen LogP contribution is 2.21. The lowest BCUT2D eigenvalue weighted by atomic mass is 9.95. The molecular weight excluding hydrogens is 359 g/mol. The minimum atomic E-state index is -0.142. The van der Waals surface area contributed by atoms with Crippen LogP contribution in [0.25, 0.3) is 0 Å². The predicted octanol–water partition coefficient (Wildman–Crippen LogP) is 2.56. The minimum absolute atomic E-state index is 0.00848. The number of ether oxygens (including phenoxy) is 1. The molecule has 1 amide bonds. The lowest BCUT2D eigenvalue weighted by Crippen LogP contribution is -2.42. The standard InChI is InChI=1S/C21H29FN4O2/c1-24-20(7-10-23-24)21(27)26(13-14-28-2)15-17-8-11-25(12-9-17)16-18-5-3-4-6-19(18)22/h3-7,10,17H,8-9,11-16H2,1-2H3. The van der Waals surface area contributed by atoms with E-state index in [2.05, 4.69) is 10.00 Å². The Hall–Kier alpha value is -2.25. The van der Waals surface area contributed by atoms with Crippen LogP contribution in [0.15, 0.2) is 36.5 Å². The van der Waals surface area contributed by atoms with Crippen LogP contribution in [0.1, 0.15) is 28.9 Å². The maximum Gasteiger partial charge on any atom is 0.272 e. The van der Waals surface area contributed by atoms with E-state index in [0.29, 0.717) is 37.9 Å². The number of carbonyl (C=O) groups excluding carboxylic acids is 1. The maximum atomic E-state index is 13.9. The number of methoxy groups -OCH3 is 1. The van der Waals surface area contributed by atoms with Crippen LogP contribution >= 0.6 is 0 Å². The van der Waals surface area contributed by atoms with Crippen LogP contribution < -0.4 is 0 Å². The highest BCUT2D eigenvalue weighted by atomic mass is 19.1. The molecule has 6 nitrogen and oxygen atoms in total. The molecular formula is C21H29FN4O2. The van der Waals surface area contributed by atoms with Crippen LogP contribution in [-0.2, 0) is 18.3 Å². The van der Waals surface area contributed by atoms with Crippen molar-refractivity contribution in [1.29, 1.82) is 0 Å². The molecule has 2 aromatic rings. The highest BCUT2D eigenvalue weighted by molar-refractivity contribution is 5.92. The predicted molar refractivity (Wildman–Crippen MR) is 105 cm³/mol. The van der Waals surface area contributed by atoms with Gasteiger partial charge in [-0.3, -0.25) is 14.4 Å². The first-order valence-corrected chi connectivity index (χ1v) is 9.80. The first-order chi connectivity index (χ1) is 13.6. The van der Waals surface area contributed by atoms with E-state index < -0.39 is 0 Å². The van der Waals surface area contributed by atoms with Crippen LogP contribution in [0.2, 0.25) is 0 Å². The van der Waals surface area contributed by atoms with E-state index in [-0.39, 0.29) is 11.7 Å². The molecule has 1 aromatic carbocycles. The van der Waals surface area contributed by atoms with Crippen molar-refractivity contribution in [1.82, 2.24) is 19.6 Å². The van der Waals surface area contributed by atoms with Crippen LogP contribution in [0.4, 0.5) is 4.39 Å². The van der Waals surface area contributed by atoms with Gasteiger partial charge >= 0.3 is 0 Å². The van der Waals surface area contributed by atoms with Crippen molar-refractivity contribution in [2.45, 2.75) is 19.4 Å². The lowest BCUT2D eigenvalue weighted by molar-refractivity contribution is 0.0607. The third kappa shape index (κ3) is 5.17. The van der Waals surface area contributed by atoms with Gasteiger partial charge in [-0.25, -0.2) is 4.39 Å². The second-order valence-electron chi connectivity index (χ2n) is 7.39. The zero-order chi connectivity index (χ0) is 19.9. The van der Waals surface area contributed by atoms with Gasteiger partial charge in [0.15, 0.2) is 0 Å². The largest absolute Gasteiger partial charge is 0.383 e. The average molecular weight is 388 g/mol. The molecule has 3 rings (SSSR count). The second kappa shape index (κ2) is 9.80. The van der Waals surface area contributed by atoms with Crippen molar-refractivity contribution in [3.8, 4) is 0 Å². The Morgan fingerprint density at radius 2 is 2.04 bits per heavy atom. The molecule has 0 aliphatic carbocycles. The summed E-state index contributed by atoms with van der Waals surface area (Å²) in [5.74, 6) is 0.286. The Morgan fingerprint density at radius 3 is 2.68 bits per heavy atom. The first kappa shape index (κ1) is 20.5. The molecule has 152 valence electrons. The van der Waals surface area contributed by atoms with Crippen molar-refractivity contribution < 1.29 is 13.9 Å². The molecule has 0 atom stereocenters. The van der Waals surface area contributed by atoms with Gasteiger partial charge in [-0.1, -0.05) is 18.2 Å². The summed E-state index contributed by atoms with van der Waals surface area (Å²) in [6.45, 7) is 4.25. The van der Waals surface area contributed by atoms with E-state index in [1.54, 1.807) is 37.2 Å². The fraction of sp³-hybridized carbons (Fsp3) is 0.524. The fourth-order valence-corrected chi connectivity index (χ4v) is 3.73. The van der Waals surface area contributed by atoms with Gasteiger partial charge < -0.3 is 9.64 Å². The number of hydrogen-bond donors (Lipinski definition) is 0. The zero-order valence-electron chi connectivity index (χ0n) is 16.7. The van der Waals surface area contributed by atoms with Gasteiger partial charge in [-0.15, -0.1) is 0 Å². The van der Waals surface area contributed by atoms with Gasteiger partial charge in [0.25, 0.3) is 5.91 Å². The number of rotatable bonds is 8. The Kier molecular flexibility index (Phi) is 7.17. The summed E-state index contributed by atoms with van der Waals surface area (Å²) in [4.78, 5) is 17.1. The number of halogens is 1. The Bertz CT molecular complexity index is 771. The van der Waals surface area contributed by atoms with Crippen molar-refractivity contribution in [3.63, 3.8) is 0 Å². The smallest absolute Gasteiger partial charge is 0.272 e. The van der Waals surface area contributed by atoms with Crippen molar-refractivity contribution in [3.05, 3.63) is 53.6 Å². The van der Waals surface area contributed by atoms with Gasteiger partial charge in [0.2, 0.25) is 0 Å². The van der Waals surface area contributed by atoms with Crippen LogP contribution in [-0.4, -0.2) is 65.4 Å². The van der Waals surface area contributed by atoms with Crippen molar-refractivity contribution in [2.75, 3.05) is 39.9 Å². The Labute approximate surface area is 165 Å². The molecule has 0 radical (unpaired) electrons. The second-order valence-corrected chi connectivity index (χ2v) is 7.39. The summed E-state index contributed by atoms with van der Waals surface area (Å²) >= 11 is 0. The molecule has 1 fully saturated rings. The number of aromatic nitrogens is 2. The minimum Gasteiger partial charge on any atom is -0.383 e. The quantitative estimate of drug-likeness (QED) is 0.697. The summed E-state index contributed by atoms with van der Waals surface area (Å²) < 4.78 is 20.7. The molecule has 1 aliphatic rings. The van der Waals surface area contributed by atoms with E-state index in [1.807, 2.05) is 17.0 Å². The molecule has 1 aliphatic heterocycles. The van der Waals surface area contributed by atoms with E-state index in [1.165, 1.54) is 6.07 Å². The van der Waals surface area contributed by atoms with Gasteiger partial charge in [0, 0.05) is 45.6 Å². The number of hydrogen-bond acceptors (Lipinski definition) is 4. The number of benzene rings is 1. The molecule has 1 aromatic heterocycles. The normalized spacial score (nSPS) is 15.7. The third-order valence-electron chi connectivity index (χ3n) is 5.43. The Morgan fingerprint density at radius 1 is 1.29 bits per heavy atom. The molecule has 0 bridgehead atoms. The molecule has 1 saturated heterocycles. The van der Waals surface area contributed by atoms with Crippen LogP contribution in [0, 0.1) is 11.7 Å². The molecule has 0 saturated carbocycles. The molecule has 7 heteroatoms. The number of aryl methyl sites for hydroxylation is 1. The number of piperidine rings is 1. The fourth-order valence-electron chi connectivity index (χ4n) is 3.73. The number of nitrogens with zero attached hydrogens (tertiary/aromatic N) is 4. The van der Waals surface area contributed by atoms with Gasteiger partial charge in [-0.2, -0.15) is 5.10 Å². The summed E-state index contributed by atoms with van der Waals surface area (Å²) in [5.41, 5.74) is 1.34. The molecule has 0 spiro atoms. The molecule has 0 unspecified atom stereocenters. The Balaban J connectivity index is 1.55. The summed E-state index contributed by atoms with van der Waals surface area (Å²) in [6.07, 6.45) is 3.64. The number of carbonyl (C=O) groups is 1. The van der Waals surface area contributed by atoms with Gasteiger partial charge in [0.1, 0.15) is 11.5 Å². The monoisotopic (exact) mass is 388 g/mol. The van der Waals surface area contributed by atoms with Gasteiger partial charge in [-0.05, 0) is 44.0 Å². The zero-order valence-corrected chi connectivity index (χ0v) is 16.7. The van der Waals surface area contributed by atoms with Crippen LogP contribution in [0.3, 0.4) is 0 Å². The van der Waals surface area contributed by atoms with Crippen molar-refractivity contribution >= 4 is 5.91 Å². The van der Waals surface area contributed by atoms with E-state index >= 15 is 0 Å². The SMILES string of the molecule is COCCN(CC1CCN(Cc2ccccc2F)CC1)C(=O)c1ccnn1C. The van der Waals surface area contributed by atoms with E-state index in [0.717, 1.165) is 31.5 Å². The summed E-state index contributed by atoms with van der Waals surface area (Å²) in [5, 5.41) is 4.10. The molecule has 0 N–H and O–H groups in total. The van der Waals surface area contributed by atoms with E-state index in [4.69, 9.17) is 4.74 Å². The first-order valence-electron chi connectivity index (χ1n) is 9.80. The molecule has 2 heterocycles. The lowest BCUT2D eigenvalue weighted by Gasteiger charge is -2.35. The molecule has 28 heavy (non-hydrogen) atoms. The van der Waals surface area contributed by atoms with Crippen LogP contribution in [0.5, 0.6) is 0 Å². The summed E-state index contributed by atoms with van der Waals surface area (Å²) in [6, 6.07) is 8.71. The maximum absolute atomic E-state index is 13.9. The average Bonchev–Trinajstić information content (AvgIpc) is 3.13. The van der Waals surface area contributed by atoms with Gasteiger partial charge in [0.05, 0.1) is 6.61 Å². The summed E-state index contributed by atoms with van der Waals surface area (Å²) in [7, 11) is 3.43. The topological polar surface area (TPSA) is 50.6 Å². The number of amides is 1.